The molecule has 0 atom stereocenters. The van der Waals surface area contributed by atoms with Crippen molar-refractivity contribution in [2.24, 2.45) is 0 Å². The summed E-state index contributed by atoms with van der Waals surface area (Å²) in [5.74, 6) is 1.32. The zero-order valence-electron chi connectivity index (χ0n) is 15.8. The summed E-state index contributed by atoms with van der Waals surface area (Å²) in [6.07, 6.45) is 0. The second-order valence-electron chi connectivity index (χ2n) is 6.32. The molecule has 0 saturated carbocycles. The Hall–Kier alpha value is -3.12. The van der Waals surface area contributed by atoms with Gasteiger partial charge in [0.2, 0.25) is 11.2 Å². The quantitative estimate of drug-likeness (QED) is 0.461. The minimum atomic E-state index is -0.180. The van der Waals surface area contributed by atoms with Gasteiger partial charge in [-0.15, -0.1) is 11.3 Å². The van der Waals surface area contributed by atoms with Crippen LogP contribution in [-0.2, 0) is 6.61 Å². The average molecular weight is 393 g/mol. The van der Waals surface area contributed by atoms with Crippen LogP contribution in [0.15, 0.2) is 53.3 Å². The van der Waals surface area contributed by atoms with Gasteiger partial charge in [0.15, 0.2) is 5.75 Å². The van der Waals surface area contributed by atoms with Crippen LogP contribution in [0.4, 0.5) is 0 Å². The number of methoxy groups -OCH3 is 2. The molecule has 1 aliphatic carbocycles. The number of benzene rings is 3. The van der Waals surface area contributed by atoms with Gasteiger partial charge in [-0.1, -0.05) is 30.3 Å². The molecule has 0 unspecified atom stereocenters. The van der Waals surface area contributed by atoms with E-state index in [-0.39, 0.29) is 11.2 Å². The molecule has 0 saturated heterocycles. The highest BCUT2D eigenvalue weighted by molar-refractivity contribution is 7.21. The monoisotopic (exact) mass is 393 g/mol. The molecule has 2 aromatic rings. The van der Waals surface area contributed by atoms with E-state index in [9.17, 15) is 4.79 Å². The Labute approximate surface area is 166 Å². The molecule has 0 aromatic heterocycles. The van der Waals surface area contributed by atoms with Crippen molar-refractivity contribution >= 4 is 21.6 Å². The number of rotatable bonds is 5. The van der Waals surface area contributed by atoms with E-state index >= 15 is 0 Å². The number of nitrogens with zero attached hydrogens (tertiary/aromatic N) is 1. The third-order valence-corrected chi connectivity index (χ3v) is 5.81. The van der Waals surface area contributed by atoms with Crippen molar-refractivity contribution in [3.8, 4) is 27.8 Å². The predicted molar refractivity (Wildman–Crippen MR) is 111 cm³/mol. The van der Waals surface area contributed by atoms with Crippen molar-refractivity contribution < 1.29 is 14.2 Å². The first kappa shape index (κ1) is 18.3. The van der Waals surface area contributed by atoms with Crippen LogP contribution in [0.5, 0.6) is 17.2 Å². The Bertz CT molecular complexity index is 1170. The summed E-state index contributed by atoms with van der Waals surface area (Å²) >= 11 is 1.50. The summed E-state index contributed by atoms with van der Waals surface area (Å²) in [5.41, 5.74) is 2.96. The lowest BCUT2D eigenvalue weighted by atomic mass is 10.1. The molecule has 0 radical (unpaired) electrons. The van der Waals surface area contributed by atoms with E-state index in [4.69, 9.17) is 19.2 Å². The molecule has 2 aliphatic rings. The molecule has 142 valence electrons. The molecule has 0 bridgehead atoms. The average Bonchev–Trinajstić information content (AvgIpc) is 2.74. The van der Waals surface area contributed by atoms with Crippen molar-refractivity contribution in [3.63, 3.8) is 0 Å². The summed E-state index contributed by atoms with van der Waals surface area (Å²) in [4.78, 5) is 18.1. The highest BCUT2D eigenvalue weighted by Gasteiger charge is 2.24. The van der Waals surface area contributed by atoms with Gasteiger partial charge in [-0.2, -0.15) is 0 Å². The lowest BCUT2D eigenvalue weighted by Gasteiger charge is -2.16. The van der Waals surface area contributed by atoms with Crippen LogP contribution < -0.4 is 19.6 Å². The summed E-state index contributed by atoms with van der Waals surface area (Å²) in [6, 6.07) is 15.8. The van der Waals surface area contributed by atoms with Crippen LogP contribution in [0.25, 0.3) is 20.8 Å². The lowest BCUT2D eigenvalue weighted by Crippen LogP contribution is -2.13. The SMILES string of the molecule is COc1c2nc3ccc(OCc4ccccc4)cc3sc-2c(C)c(=O)c1OC. The van der Waals surface area contributed by atoms with E-state index in [2.05, 4.69) is 0 Å². The zero-order chi connectivity index (χ0) is 19.7. The van der Waals surface area contributed by atoms with Gasteiger partial charge in [0.05, 0.1) is 29.3 Å². The van der Waals surface area contributed by atoms with Crippen LogP contribution in [0, 0.1) is 6.92 Å². The summed E-state index contributed by atoms with van der Waals surface area (Å²) < 4.78 is 17.6. The van der Waals surface area contributed by atoms with E-state index < -0.39 is 0 Å². The molecule has 1 heterocycles. The summed E-state index contributed by atoms with van der Waals surface area (Å²) in [6.45, 7) is 2.28. The molecule has 0 amide bonds. The van der Waals surface area contributed by atoms with Gasteiger partial charge >= 0.3 is 0 Å². The van der Waals surface area contributed by atoms with Gasteiger partial charge in [0, 0.05) is 5.56 Å². The fourth-order valence-corrected chi connectivity index (χ4v) is 4.19. The van der Waals surface area contributed by atoms with Gasteiger partial charge in [-0.3, -0.25) is 4.79 Å². The molecular weight excluding hydrogens is 374 g/mol. The second-order valence-corrected chi connectivity index (χ2v) is 7.37. The smallest absolute Gasteiger partial charge is 0.228 e. The molecule has 6 heteroatoms. The van der Waals surface area contributed by atoms with Crippen LogP contribution in [0.2, 0.25) is 0 Å². The third kappa shape index (κ3) is 3.16. The number of aromatic nitrogens is 1. The largest absolute Gasteiger partial charge is 0.491 e. The Kier molecular flexibility index (Phi) is 4.88. The van der Waals surface area contributed by atoms with Gasteiger partial charge in [0.1, 0.15) is 18.1 Å². The maximum Gasteiger partial charge on any atom is 0.228 e. The maximum atomic E-state index is 12.6. The Morgan fingerprint density at radius 3 is 2.46 bits per heavy atom. The van der Waals surface area contributed by atoms with E-state index in [1.807, 2.05) is 48.5 Å². The zero-order valence-corrected chi connectivity index (χ0v) is 16.6. The van der Waals surface area contributed by atoms with Crippen molar-refractivity contribution in [1.29, 1.82) is 0 Å². The van der Waals surface area contributed by atoms with E-state index in [0.29, 0.717) is 23.6 Å². The fraction of sp³-hybridized carbons (Fsp3) is 0.182. The van der Waals surface area contributed by atoms with Crippen molar-refractivity contribution in [2.45, 2.75) is 13.5 Å². The minimum absolute atomic E-state index is 0.180. The van der Waals surface area contributed by atoms with E-state index in [1.54, 1.807) is 6.92 Å². The van der Waals surface area contributed by atoms with Crippen LogP contribution in [-0.4, -0.2) is 19.2 Å². The second kappa shape index (κ2) is 7.48. The molecule has 5 nitrogen and oxygen atoms in total. The Morgan fingerprint density at radius 1 is 1.00 bits per heavy atom. The standard InChI is InChI=1S/C22H19NO4S/c1-13-19(24)21(26-3)20(25-2)18-22(13)28-17-11-15(9-10-16(17)23-18)27-12-14-7-5-4-6-8-14/h4-11H,12H2,1-3H3. The predicted octanol–water partition coefficient (Wildman–Crippen LogP) is 4.67. The first-order chi connectivity index (χ1) is 13.6. The van der Waals surface area contributed by atoms with Crippen LogP contribution in [0.1, 0.15) is 11.1 Å². The molecule has 0 N–H and O–H groups in total. The number of hydrogen-bond donors (Lipinski definition) is 0. The summed E-state index contributed by atoms with van der Waals surface area (Å²) in [7, 11) is 2.98. The fourth-order valence-electron chi connectivity index (χ4n) is 3.10. The topological polar surface area (TPSA) is 57.7 Å². The highest BCUT2D eigenvalue weighted by Crippen LogP contribution is 2.42. The lowest BCUT2D eigenvalue weighted by molar-refractivity contribution is 0.306. The van der Waals surface area contributed by atoms with Crippen molar-refractivity contribution in [3.05, 3.63) is 69.9 Å². The maximum absolute atomic E-state index is 12.6. The Morgan fingerprint density at radius 2 is 1.75 bits per heavy atom. The molecule has 2 aromatic carbocycles. The molecule has 28 heavy (non-hydrogen) atoms. The van der Waals surface area contributed by atoms with Gasteiger partial charge in [-0.05, 0) is 30.7 Å². The molecule has 0 spiro atoms. The first-order valence-corrected chi connectivity index (χ1v) is 9.60. The van der Waals surface area contributed by atoms with Gasteiger partial charge in [0.25, 0.3) is 0 Å². The van der Waals surface area contributed by atoms with Crippen LogP contribution in [0.3, 0.4) is 0 Å². The van der Waals surface area contributed by atoms with Crippen molar-refractivity contribution in [1.82, 2.24) is 4.98 Å². The van der Waals surface area contributed by atoms with Gasteiger partial charge in [-0.25, -0.2) is 4.98 Å². The minimum Gasteiger partial charge on any atom is -0.491 e. The normalized spacial score (nSPS) is 11.0. The number of hydrogen-bond acceptors (Lipinski definition) is 6. The third-order valence-electron chi connectivity index (χ3n) is 4.56. The number of ether oxygens (including phenoxy) is 3. The van der Waals surface area contributed by atoms with Crippen molar-refractivity contribution in [2.75, 3.05) is 14.2 Å². The first-order valence-electron chi connectivity index (χ1n) is 8.78. The van der Waals surface area contributed by atoms with Crippen LogP contribution >= 0.6 is 11.3 Å². The molecule has 0 fully saturated rings. The summed E-state index contributed by atoms with van der Waals surface area (Å²) in [5, 5.41) is 0. The molecule has 1 aliphatic heterocycles. The van der Waals surface area contributed by atoms with E-state index in [1.165, 1.54) is 25.6 Å². The Balaban J connectivity index is 1.80. The molecular formula is C22H19NO4S. The molecule has 4 rings (SSSR count). The van der Waals surface area contributed by atoms with E-state index in [0.717, 1.165) is 26.4 Å². The number of fused-ring (bicyclic) bond motifs is 2. The highest BCUT2D eigenvalue weighted by atomic mass is 32.1. The van der Waals surface area contributed by atoms with Gasteiger partial charge < -0.3 is 14.2 Å².